The fraction of sp³-hybridized carbons (Fsp3) is 0.857. The van der Waals surface area contributed by atoms with Crippen LogP contribution in [0.3, 0.4) is 0 Å². The molecule has 0 aromatic rings. The van der Waals surface area contributed by atoms with Crippen LogP contribution < -0.4 is 5.32 Å². The highest BCUT2D eigenvalue weighted by Gasteiger charge is 2.32. The lowest BCUT2D eigenvalue weighted by atomic mass is 10.0. The Labute approximate surface area is 114 Å². The lowest BCUT2D eigenvalue weighted by molar-refractivity contribution is -0.140. The summed E-state index contributed by atoms with van der Waals surface area (Å²) in [6.07, 6.45) is 7.65. The second-order valence-electron chi connectivity index (χ2n) is 5.62. The fourth-order valence-corrected chi connectivity index (χ4v) is 3.18. The predicted octanol–water partition coefficient (Wildman–Crippen LogP) is 1.37. The van der Waals surface area contributed by atoms with Crippen molar-refractivity contribution in [3.05, 3.63) is 0 Å². The maximum Gasteiger partial charge on any atom is 0.303 e. The summed E-state index contributed by atoms with van der Waals surface area (Å²) in [6, 6.07) is 0.0810. The summed E-state index contributed by atoms with van der Waals surface area (Å²) >= 11 is 0. The molecule has 0 bridgehead atoms. The summed E-state index contributed by atoms with van der Waals surface area (Å²) in [5, 5.41) is 11.9. The van der Waals surface area contributed by atoms with Gasteiger partial charge in [-0.1, -0.05) is 25.7 Å². The molecule has 1 heterocycles. The third-order valence-electron chi connectivity index (χ3n) is 4.24. The first kappa shape index (κ1) is 14.3. The summed E-state index contributed by atoms with van der Waals surface area (Å²) in [5.74, 6) is -0.722. The smallest absolute Gasteiger partial charge is 0.303 e. The van der Waals surface area contributed by atoms with Crippen LogP contribution in [0.25, 0.3) is 0 Å². The zero-order valence-electron chi connectivity index (χ0n) is 11.4. The van der Waals surface area contributed by atoms with Gasteiger partial charge in [0.1, 0.15) is 0 Å². The minimum Gasteiger partial charge on any atom is -0.481 e. The maximum atomic E-state index is 12.4. The molecule has 1 aliphatic carbocycles. The van der Waals surface area contributed by atoms with Gasteiger partial charge >= 0.3 is 5.97 Å². The summed E-state index contributed by atoms with van der Waals surface area (Å²) in [7, 11) is 0. The maximum absolute atomic E-state index is 12.4. The molecular formula is C14H24N2O3. The fourth-order valence-electron chi connectivity index (χ4n) is 3.18. The van der Waals surface area contributed by atoms with Gasteiger partial charge in [0, 0.05) is 25.6 Å². The Morgan fingerprint density at radius 1 is 1.26 bits per heavy atom. The molecule has 0 spiro atoms. The van der Waals surface area contributed by atoms with Crippen LogP contribution in [0.4, 0.5) is 0 Å². The van der Waals surface area contributed by atoms with Gasteiger partial charge in [-0.2, -0.15) is 0 Å². The second-order valence-corrected chi connectivity index (χ2v) is 5.62. The standard InChI is InChI=1S/C14H24N2O3/c17-13(18)8-7-12-14(19)16(10-9-15-12)11-5-3-1-2-4-6-11/h11-12,15H,1-10H2,(H,17,18). The zero-order valence-corrected chi connectivity index (χ0v) is 11.4. The Morgan fingerprint density at radius 2 is 1.95 bits per heavy atom. The Hall–Kier alpha value is -1.10. The molecule has 5 nitrogen and oxygen atoms in total. The van der Waals surface area contributed by atoms with Gasteiger partial charge in [-0.05, 0) is 19.3 Å². The molecular weight excluding hydrogens is 244 g/mol. The summed E-state index contributed by atoms with van der Waals surface area (Å²) in [5.41, 5.74) is 0. The number of carboxylic acid groups (broad SMARTS) is 1. The van der Waals surface area contributed by atoms with Crippen molar-refractivity contribution in [1.29, 1.82) is 0 Å². The van der Waals surface area contributed by atoms with Crippen molar-refractivity contribution in [2.75, 3.05) is 13.1 Å². The van der Waals surface area contributed by atoms with Crippen LogP contribution in [0, 0.1) is 0 Å². The van der Waals surface area contributed by atoms with E-state index in [9.17, 15) is 9.59 Å². The average molecular weight is 268 g/mol. The largest absolute Gasteiger partial charge is 0.481 e. The van der Waals surface area contributed by atoms with Gasteiger partial charge in [0.05, 0.1) is 6.04 Å². The molecule has 0 aromatic carbocycles. The topological polar surface area (TPSA) is 69.6 Å². The highest BCUT2D eigenvalue weighted by molar-refractivity contribution is 5.83. The van der Waals surface area contributed by atoms with E-state index < -0.39 is 5.97 Å². The van der Waals surface area contributed by atoms with E-state index in [0.717, 1.165) is 25.9 Å². The zero-order chi connectivity index (χ0) is 13.7. The SMILES string of the molecule is O=C(O)CCC1NCCN(C2CCCCCC2)C1=O. The normalized spacial score (nSPS) is 26.2. The van der Waals surface area contributed by atoms with Gasteiger partial charge in [-0.3, -0.25) is 9.59 Å². The van der Waals surface area contributed by atoms with E-state index in [2.05, 4.69) is 5.32 Å². The van der Waals surface area contributed by atoms with Crippen molar-refractivity contribution >= 4 is 11.9 Å². The third kappa shape index (κ3) is 3.93. The molecule has 2 N–H and O–H groups in total. The van der Waals surface area contributed by atoms with Gasteiger partial charge < -0.3 is 15.3 Å². The number of nitrogens with zero attached hydrogens (tertiary/aromatic N) is 1. The molecule has 1 atom stereocenters. The molecule has 2 fully saturated rings. The second kappa shape index (κ2) is 6.89. The Morgan fingerprint density at radius 3 is 2.58 bits per heavy atom. The van der Waals surface area contributed by atoms with Crippen LogP contribution in [0.5, 0.6) is 0 Å². The van der Waals surface area contributed by atoms with Crippen LogP contribution in [-0.2, 0) is 9.59 Å². The number of aliphatic carboxylic acids is 1. The molecule has 0 aromatic heterocycles. The number of carbonyl (C=O) groups is 2. The number of hydrogen-bond acceptors (Lipinski definition) is 3. The minimum atomic E-state index is -0.832. The van der Waals surface area contributed by atoms with Crippen LogP contribution in [0.2, 0.25) is 0 Å². The molecule has 108 valence electrons. The van der Waals surface area contributed by atoms with E-state index >= 15 is 0 Å². The van der Waals surface area contributed by atoms with Crippen molar-refractivity contribution in [2.24, 2.45) is 0 Å². The van der Waals surface area contributed by atoms with E-state index in [1.807, 2.05) is 4.90 Å². The van der Waals surface area contributed by atoms with Crippen LogP contribution >= 0.6 is 0 Å². The highest BCUT2D eigenvalue weighted by Crippen LogP contribution is 2.23. The first-order chi connectivity index (χ1) is 9.18. The van der Waals surface area contributed by atoms with Crippen molar-refractivity contribution in [3.8, 4) is 0 Å². The van der Waals surface area contributed by atoms with Gasteiger partial charge in [0.15, 0.2) is 0 Å². The quantitative estimate of drug-likeness (QED) is 0.756. The highest BCUT2D eigenvalue weighted by atomic mass is 16.4. The lowest BCUT2D eigenvalue weighted by Gasteiger charge is -2.38. The summed E-state index contributed by atoms with van der Waals surface area (Å²) in [6.45, 7) is 1.56. The molecule has 1 saturated carbocycles. The average Bonchev–Trinajstić information content (AvgIpc) is 2.66. The molecule has 1 amide bonds. The van der Waals surface area contributed by atoms with Gasteiger partial charge in [-0.25, -0.2) is 0 Å². The monoisotopic (exact) mass is 268 g/mol. The molecule has 1 aliphatic heterocycles. The van der Waals surface area contributed by atoms with Gasteiger partial charge in [0.2, 0.25) is 5.91 Å². The van der Waals surface area contributed by atoms with Crippen molar-refractivity contribution < 1.29 is 14.7 Å². The van der Waals surface area contributed by atoms with E-state index in [1.165, 1.54) is 25.7 Å². The minimum absolute atomic E-state index is 0.0575. The molecule has 2 aliphatic rings. The summed E-state index contributed by atoms with van der Waals surface area (Å²) < 4.78 is 0. The number of hydrogen-bond donors (Lipinski definition) is 2. The third-order valence-corrected chi connectivity index (χ3v) is 4.24. The Bertz CT molecular complexity index is 325. The van der Waals surface area contributed by atoms with E-state index in [4.69, 9.17) is 5.11 Å². The first-order valence-corrected chi connectivity index (χ1v) is 7.44. The van der Waals surface area contributed by atoms with Crippen molar-refractivity contribution in [2.45, 2.75) is 63.5 Å². The molecule has 1 unspecified atom stereocenters. The van der Waals surface area contributed by atoms with Crippen LogP contribution in [-0.4, -0.2) is 47.1 Å². The van der Waals surface area contributed by atoms with Gasteiger partial charge in [0.25, 0.3) is 0 Å². The number of rotatable bonds is 4. The van der Waals surface area contributed by atoms with E-state index in [-0.39, 0.29) is 18.4 Å². The number of nitrogens with one attached hydrogen (secondary N) is 1. The van der Waals surface area contributed by atoms with Crippen LogP contribution in [0.1, 0.15) is 51.4 Å². The number of carbonyl (C=O) groups excluding carboxylic acids is 1. The van der Waals surface area contributed by atoms with Crippen molar-refractivity contribution in [1.82, 2.24) is 10.2 Å². The van der Waals surface area contributed by atoms with Crippen LogP contribution in [0.15, 0.2) is 0 Å². The molecule has 1 saturated heterocycles. The molecule has 0 radical (unpaired) electrons. The van der Waals surface area contributed by atoms with E-state index in [1.54, 1.807) is 0 Å². The Balaban J connectivity index is 1.92. The van der Waals surface area contributed by atoms with E-state index in [0.29, 0.717) is 12.5 Å². The predicted molar refractivity (Wildman–Crippen MR) is 71.9 cm³/mol. The first-order valence-electron chi connectivity index (χ1n) is 7.44. The van der Waals surface area contributed by atoms with Crippen molar-refractivity contribution in [3.63, 3.8) is 0 Å². The number of piperazine rings is 1. The summed E-state index contributed by atoms with van der Waals surface area (Å²) in [4.78, 5) is 25.1. The Kier molecular flexibility index (Phi) is 5.19. The number of carboxylic acids is 1. The molecule has 19 heavy (non-hydrogen) atoms. The van der Waals surface area contributed by atoms with Gasteiger partial charge in [-0.15, -0.1) is 0 Å². The molecule has 2 rings (SSSR count). The molecule has 5 heteroatoms. The lowest BCUT2D eigenvalue weighted by Crippen LogP contribution is -2.58. The number of amides is 1.